The van der Waals surface area contributed by atoms with Crippen LogP contribution >= 0.6 is 0 Å². The summed E-state index contributed by atoms with van der Waals surface area (Å²) in [6.07, 6.45) is 6.12. The minimum absolute atomic E-state index is 0.0458. The first-order valence-electron chi connectivity index (χ1n) is 7.57. The number of rotatable bonds is 6. The molecule has 1 saturated carbocycles. The summed E-state index contributed by atoms with van der Waals surface area (Å²) in [6.45, 7) is 2.28. The summed E-state index contributed by atoms with van der Waals surface area (Å²) in [6, 6.07) is 6.43. The molecule has 1 aromatic rings. The minimum atomic E-state index is -0.315. The Kier molecular flexibility index (Phi) is 5.72. The Bertz CT molecular complexity index is 444. The molecule has 2 nitrogen and oxygen atoms in total. The molecule has 0 radical (unpaired) electrons. The maximum Gasteiger partial charge on any atom is 0.162 e. The maximum atomic E-state index is 13.5. The monoisotopic (exact) mass is 278 g/mol. The molecule has 20 heavy (non-hydrogen) atoms. The van der Waals surface area contributed by atoms with Crippen LogP contribution in [0.3, 0.4) is 0 Å². The molecule has 1 aromatic carbocycles. The molecule has 2 rings (SSSR count). The number of benzene rings is 1. The van der Waals surface area contributed by atoms with E-state index < -0.39 is 0 Å². The van der Waals surface area contributed by atoms with Crippen LogP contribution in [0.5, 0.6) is 0 Å². The number of ketones is 1. The zero-order valence-electron chi connectivity index (χ0n) is 12.1. The van der Waals surface area contributed by atoms with Crippen molar-refractivity contribution in [2.45, 2.75) is 51.6 Å². The molecule has 0 amide bonds. The summed E-state index contributed by atoms with van der Waals surface area (Å²) in [4.78, 5) is 11.9. The van der Waals surface area contributed by atoms with E-state index in [4.69, 9.17) is 4.74 Å². The maximum absolute atomic E-state index is 13.5. The van der Waals surface area contributed by atoms with E-state index in [0.717, 1.165) is 12.8 Å². The van der Waals surface area contributed by atoms with Crippen LogP contribution in [0.2, 0.25) is 0 Å². The lowest BCUT2D eigenvalue weighted by molar-refractivity contribution is -0.127. The van der Waals surface area contributed by atoms with E-state index in [-0.39, 0.29) is 30.7 Å². The third-order valence-corrected chi connectivity index (χ3v) is 4.17. The van der Waals surface area contributed by atoms with Crippen LogP contribution in [0.1, 0.15) is 44.6 Å². The van der Waals surface area contributed by atoms with Gasteiger partial charge in [-0.1, -0.05) is 44.4 Å². The fourth-order valence-electron chi connectivity index (χ4n) is 2.97. The van der Waals surface area contributed by atoms with Crippen molar-refractivity contribution in [3.63, 3.8) is 0 Å². The molecule has 0 saturated heterocycles. The summed E-state index contributed by atoms with van der Waals surface area (Å²) in [5.41, 5.74) is 0.455. The molecule has 0 bridgehead atoms. The predicted molar refractivity (Wildman–Crippen MR) is 77.1 cm³/mol. The second kappa shape index (κ2) is 7.53. The second-order valence-electron chi connectivity index (χ2n) is 5.61. The molecule has 2 unspecified atom stereocenters. The zero-order valence-corrected chi connectivity index (χ0v) is 12.1. The molecule has 0 N–H and O–H groups in total. The van der Waals surface area contributed by atoms with E-state index >= 15 is 0 Å². The van der Waals surface area contributed by atoms with Gasteiger partial charge in [-0.2, -0.15) is 0 Å². The van der Waals surface area contributed by atoms with Crippen molar-refractivity contribution >= 4 is 5.78 Å². The first kappa shape index (κ1) is 15.2. The van der Waals surface area contributed by atoms with Crippen molar-refractivity contribution < 1.29 is 13.9 Å². The molecular weight excluding hydrogens is 255 g/mol. The van der Waals surface area contributed by atoms with Gasteiger partial charge in [0.15, 0.2) is 5.78 Å². The molecule has 0 spiro atoms. The number of carbonyl (C=O) groups excluding carboxylic acids is 1. The van der Waals surface area contributed by atoms with Gasteiger partial charge in [0, 0.05) is 6.42 Å². The highest BCUT2D eigenvalue weighted by atomic mass is 19.1. The molecule has 1 aliphatic carbocycles. The first-order valence-corrected chi connectivity index (χ1v) is 7.57. The minimum Gasteiger partial charge on any atom is -0.370 e. The molecule has 0 aromatic heterocycles. The van der Waals surface area contributed by atoms with Crippen LogP contribution in [0.15, 0.2) is 24.3 Å². The van der Waals surface area contributed by atoms with E-state index in [1.165, 1.54) is 25.3 Å². The van der Waals surface area contributed by atoms with E-state index in [1.54, 1.807) is 18.2 Å². The van der Waals surface area contributed by atoms with Crippen LogP contribution in [0.4, 0.5) is 4.39 Å². The van der Waals surface area contributed by atoms with E-state index in [9.17, 15) is 9.18 Å². The van der Waals surface area contributed by atoms with Gasteiger partial charge in [0.25, 0.3) is 0 Å². The smallest absolute Gasteiger partial charge is 0.162 e. The summed E-state index contributed by atoms with van der Waals surface area (Å²) in [7, 11) is 0. The standard InChI is InChI=1S/C17H23FO2/c1-2-13-7-4-6-10-17(13)20-12-15(19)11-14-8-3-5-9-16(14)18/h3,5,8-9,13,17H,2,4,6-7,10-12H2,1H3. The fraction of sp³-hybridized carbons (Fsp3) is 0.588. The highest BCUT2D eigenvalue weighted by molar-refractivity contribution is 5.82. The Labute approximate surface area is 120 Å². The van der Waals surface area contributed by atoms with Gasteiger partial charge in [-0.25, -0.2) is 4.39 Å². The van der Waals surface area contributed by atoms with Crippen LogP contribution in [-0.4, -0.2) is 18.5 Å². The van der Waals surface area contributed by atoms with Crippen molar-refractivity contribution in [2.24, 2.45) is 5.92 Å². The van der Waals surface area contributed by atoms with Crippen LogP contribution < -0.4 is 0 Å². The molecule has 1 aliphatic rings. The van der Waals surface area contributed by atoms with Gasteiger partial charge in [0.05, 0.1) is 6.10 Å². The topological polar surface area (TPSA) is 26.3 Å². The molecule has 0 heterocycles. The number of halogens is 1. The normalized spacial score (nSPS) is 22.7. The number of hydrogen-bond acceptors (Lipinski definition) is 2. The molecule has 0 aliphatic heterocycles. The summed E-state index contributed by atoms with van der Waals surface area (Å²) in [5, 5.41) is 0. The number of carbonyl (C=O) groups is 1. The third-order valence-electron chi connectivity index (χ3n) is 4.17. The predicted octanol–water partition coefficient (Wildman–Crippen LogP) is 3.92. The van der Waals surface area contributed by atoms with Gasteiger partial charge in [0.2, 0.25) is 0 Å². The Hall–Kier alpha value is -1.22. The molecule has 110 valence electrons. The SMILES string of the molecule is CCC1CCCCC1OCC(=O)Cc1ccccc1F. The van der Waals surface area contributed by atoms with Crippen molar-refractivity contribution in [3.8, 4) is 0 Å². The average Bonchev–Trinajstić information content (AvgIpc) is 2.48. The molecule has 1 fully saturated rings. The first-order chi connectivity index (χ1) is 9.70. The highest BCUT2D eigenvalue weighted by Gasteiger charge is 2.24. The highest BCUT2D eigenvalue weighted by Crippen LogP contribution is 2.29. The summed E-state index contributed by atoms with van der Waals surface area (Å²) in [5.74, 6) is 0.213. The molecule has 3 heteroatoms. The lowest BCUT2D eigenvalue weighted by Gasteiger charge is -2.30. The average molecular weight is 278 g/mol. The Morgan fingerprint density at radius 1 is 1.30 bits per heavy atom. The number of hydrogen-bond donors (Lipinski definition) is 0. The number of Topliss-reactive ketones (excluding diaryl/α,β-unsaturated/α-hetero) is 1. The van der Waals surface area contributed by atoms with Gasteiger partial charge in [-0.3, -0.25) is 4.79 Å². The van der Waals surface area contributed by atoms with Crippen LogP contribution in [0.25, 0.3) is 0 Å². The van der Waals surface area contributed by atoms with E-state index in [1.807, 2.05) is 0 Å². The van der Waals surface area contributed by atoms with Crippen LogP contribution in [-0.2, 0) is 16.0 Å². The van der Waals surface area contributed by atoms with E-state index in [0.29, 0.717) is 11.5 Å². The van der Waals surface area contributed by atoms with Crippen molar-refractivity contribution in [1.82, 2.24) is 0 Å². The second-order valence-corrected chi connectivity index (χ2v) is 5.61. The van der Waals surface area contributed by atoms with Crippen molar-refractivity contribution in [2.75, 3.05) is 6.61 Å². The summed E-state index contributed by atoms with van der Waals surface area (Å²) >= 11 is 0. The van der Waals surface area contributed by atoms with Gasteiger partial charge in [-0.15, -0.1) is 0 Å². The lowest BCUT2D eigenvalue weighted by Crippen LogP contribution is -2.29. The Balaban J connectivity index is 1.81. The third kappa shape index (κ3) is 4.14. The largest absolute Gasteiger partial charge is 0.370 e. The van der Waals surface area contributed by atoms with Gasteiger partial charge in [0.1, 0.15) is 12.4 Å². The Morgan fingerprint density at radius 3 is 2.80 bits per heavy atom. The van der Waals surface area contributed by atoms with Crippen molar-refractivity contribution in [1.29, 1.82) is 0 Å². The van der Waals surface area contributed by atoms with Gasteiger partial charge >= 0.3 is 0 Å². The molecule has 2 atom stereocenters. The molecular formula is C17H23FO2. The van der Waals surface area contributed by atoms with Crippen molar-refractivity contribution in [3.05, 3.63) is 35.6 Å². The lowest BCUT2D eigenvalue weighted by atomic mass is 9.85. The fourth-order valence-corrected chi connectivity index (χ4v) is 2.97. The Morgan fingerprint density at radius 2 is 2.05 bits per heavy atom. The quantitative estimate of drug-likeness (QED) is 0.788. The number of ether oxygens (including phenoxy) is 1. The van der Waals surface area contributed by atoms with E-state index in [2.05, 4.69) is 6.92 Å². The van der Waals surface area contributed by atoms with Gasteiger partial charge in [-0.05, 0) is 30.4 Å². The zero-order chi connectivity index (χ0) is 14.4. The van der Waals surface area contributed by atoms with Gasteiger partial charge < -0.3 is 4.74 Å². The van der Waals surface area contributed by atoms with Crippen LogP contribution in [0, 0.1) is 11.7 Å². The summed E-state index contributed by atoms with van der Waals surface area (Å²) < 4.78 is 19.3.